The second-order valence-electron chi connectivity index (χ2n) is 5.62. The van der Waals surface area contributed by atoms with Crippen molar-refractivity contribution in [1.82, 2.24) is 9.88 Å². The highest BCUT2D eigenvalue weighted by Crippen LogP contribution is 2.25. The third-order valence-electron chi connectivity index (χ3n) is 3.95. The minimum absolute atomic E-state index is 0.109. The summed E-state index contributed by atoms with van der Waals surface area (Å²) in [6.45, 7) is 6.30. The van der Waals surface area contributed by atoms with Crippen LogP contribution >= 0.6 is 15.9 Å². The average Bonchev–Trinajstić information content (AvgIpc) is 2.63. The average molecular weight is 325 g/mol. The maximum Gasteiger partial charge on any atom is 0.255 e. The molecule has 3 nitrogen and oxygen atoms in total. The maximum atomic E-state index is 12.4. The standard InChI is InChI=1S/C15H21BrN2O/c1-11(2)12-4-3-6-18(7-5-12)15(19)13-8-14(16)10-17-9-13/h8-12H,3-7H2,1-2H3/t12-/m1/s1. The predicted molar refractivity (Wildman–Crippen MR) is 80.0 cm³/mol. The highest BCUT2D eigenvalue weighted by Gasteiger charge is 2.23. The van der Waals surface area contributed by atoms with Crippen LogP contribution in [0.25, 0.3) is 0 Å². The molecule has 2 rings (SSSR count). The Bertz CT molecular complexity index is 448. The van der Waals surface area contributed by atoms with Gasteiger partial charge in [-0.15, -0.1) is 0 Å². The first-order chi connectivity index (χ1) is 9.08. The Balaban J connectivity index is 2.04. The fraction of sp³-hybridized carbons (Fsp3) is 0.600. The Morgan fingerprint density at radius 1 is 1.37 bits per heavy atom. The fourth-order valence-corrected chi connectivity index (χ4v) is 3.07. The van der Waals surface area contributed by atoms with Crippen molar-refractivity contribution >= 4 is 21.8 Å². The van der Waals surface area contributed by atoms with Crippen LogP contribution in [0.15, 0.2) is 22.9 Å². The normalized spacial score (nSPS) is 20.4. The van der Waals surface area contributed by atoms with Gasteiger partial charge in [-0.1, -0.05) is 13.8 Å². The van der Waals surface area contributed by atoms with Gasteiger partial charge in [0.05, 0.1) is 5.56 Å². The van der Waals surface area contributed by atoms with Crippen molar-refractivity contribution in [2.24, 2.45) is 11.8 Å². The summed E-state index contributed by atoms with van der Waals surface area (Å²) in [5.74, 6) is 1.57. The van der Waals surface area contributed by atoms with Crippen molar-refractivity contribution in [1.29, 1.82) is 0 Å². The summed E-state index contributed by atoms with van der Waals surface area (Å²) in [5, 5.41) is 0. The van der Waals surface area contributed by atoms with E-state index in [0.29, 0.717) is 11.5 Å². The van der Waals surface area contributed by atoms with Crippen LogP contribution < -0.4 is 0 Å². The molecule has 1 aromatic rings. The third-order valence-corrected chi connectivity index (χ3v) is 4.39. The number of halogens is 1. The molecule has 0 spiro atoms. The third kappa shape index (κ3) is 3.78. The Morgan fingerprint density at radius 2 is 2.16 bits per heavy atom. The molecule has 4 heteroatoms. The van der Waals surface area contributed by atoms with Crippen LogP contribution in [0.1, 0.15) is 43.5 Å². The molecule has 2 heterocycles. The number of hydrogen-bond acceptors (Lipinski definition) is 2. The number of aromatic nitrogens is 1. The predicted octanol–water partition coefficient (Wildman–Crippen LogP) is 3.74. The second kappa shape index (κ2) is 6.51. The van der Waals surface area contributed by atoms with E-state index in [2.05, 4.69) is 34.8 Å². The van der Waals surface area contributed by atoms with Gasteiger partial charge in [0.2, 0.25) is 0 Å². The van der Waals surface area contributed by atoms with E-state index in [1.165, 1.54) is 6.42 Å². The highest BCUT2D eigenvalue weighted by atomic mass is 79.9. The number of amides is 1. The molecule has 0 N–H and O–H groups in total. The minimum Gasteiger partial charge on any atom is -0.339 e. The quantitative estimate of drug-likeness (QED) is 0.830. The fourth-order valence-electron chi connectivity index (χ4n) is 2.70. The van der Waals surface area contributed by atoms with E-state index in [1.54, 1.807) is 12.4 Å². The first-order valence-corrected chi connectivity index (χ1v) is 7.77. The van der Waals surface area contributed by atoms with Crippen molar-refractivity contribution in [3.8, 4) is 0 Å². The first-order valence-electron chi connectivity index (χ1n) is 6.97. The number of likely N-dealkylation sites (tertiary alicyclic amines) is 1. The number of carbonyl (C=O) groups excluding carboxylic acids is 1. The lowest BCUT2D eigenvalue weighted by atomic mass is 9.89. The van der Waals surface area contributed by atoms with Crippen LogP contribution in [0.3, 0.4) is 0 Å². The van der Waals surface area contributed by atoms with Crippen LogP contribution in [-0.4, -0.2) is 28.9 Å². The van der Waals surface area contributed by atoms with E-state index in [9.17, 15) is 4.79 Å². The van der Waals surface area contributed by atoms with E-state index in [1.807, 2.05) is 11.0 Å². The number of nitrogens with zero attached hydrogens (tertiary/aromatic N) is 2. The molecule has 0 radical (unpaired) electrons. The molecule has 1 amide bonds. The van der Waals surface area contributed by atoms with Crippen LogP contribution in [0.2, 0.25) is 0 Å². The first kappa shape index (κ1) is 14.5. The smallest absolute Gasteiger partial charge is 0.255 e. The molecule has 104 valence electrons. The molecule has 0 aliphatic carbocycles. The molecule has 0 aromatic carbocycles. The van der Waals surface area contributed by atoms with Crippen LogP contribution in [-0.2, 0) is 0 Å². The molecule has 0 unspecified atom stereocenters. The van der Waals surface area contributed by atoms with Gasteiger partial charge in [-0.3, -0.25) is 9.78 Å². The van der Waals surface area contributed by atoms with Gasteiger partial charge in [-0.05, 0) is 53.1 Å². The van der Waals surface area contributed by atoms with Gasteiger partial charge in [0.25, 0.3) is 5.91 Å². The van der Waals surface area contributed by atoms with Gasteiger partial charge < -0.3 is 4.90 Å². The maximum absolute atomic E-state index is 12.4. The molecule has 0 bridgehead atoms. The molecule has 1 aromatic heterocycles. The lowest BCUT2D eigenvalue weighted by Gasteiger charge is -2.21. The molecular weight excluding hydrogens is 304 g/mol. The SMILES string of the molecule is CC(C)[C@@H]1CCCN(C(=O)c2cncc(Br)c2)CC1. The topological polar surface area (TPSA) is 33.2 Å². The van der Waals surface area contributed by atoms with E-state index in [-0.39, 0.29) is 5.91 Å². The largest absolute Gasteiger partial charge is 0.339 e. The van der Waals surface area contributed by atoms with Crippen molar-refractivity contribution in [3.05, 3.63) is 28.5 Å². The Hall–Kier alpha value is -0.900. The Morgan fingerprint density at radius 3 is 2.84 bits per heavy atom. The molecule has 1 atom stereocenters. The summed E-state index contributed by atoms with van der Waals surface area (Å²) < 4.78 is 0.855. The zero-order valence-corrected chi connectivity index (χ0v) is 13.2. The summed E-state index contributed by atoms with van der Waals surface area (Å²) in [7, 11) is 0. The molecule has 1 fully saturated rings. The molecule has 19 heavy (non-hydrogen) atoms. The van der Waals surface area contributed by atoms with Crippen LogP contribution in [0, 0.1) is 11.8 Å². The summed E-state index contributed by atoms with van der Waals surface area (Å²) >= 11 is 3.37. The van der Waals surface area contributed by atoms with E-state index >= 15 is 0 Å². The Labute approximate surface area is 123 Å². The minimum atomic E-state index is 0.109. The summed E-state index contributed by atoms with van der Waals surface area (Å²) in [6.07, 6.45) is 6.81. The lowest BCUT2D eigenvalue weighted by molar-refractivity contribution is 0.0758. The molecule has 1 aliphatic rings. The van der Waals surface area contributed by atoms with Crippen LogP contribution in [0.5, 0.6) is 0 Å². The summed E-state index contributed by atoms with van der Waals surface area (Å²) in [6, 6.07) is 1.85. The lowest BCUT2D eigenvalue weighted by Crippen LogP contribution is -2.32. The van der Waals surface area contributed by atoms with Gasteiger partial charge >= 0.3 is 0 Å². The molecule has 1 saturated heterocycles. The van der Waals surface area contributed by atoms with Crippen molar-refractivity contribution in [3.63, 3.8) is 0 Å². The van der Waals surface area contributed by atoms with Crippen molar-refractivity contribution in [2.45, 2.75) is 33.1 Å². The van der Waals surface area contributed by atoms with Gasteiger partial charge in [0.1, 0.15) is 0 Å². The molecule has 0 saturated carbocycles. The monoisotopic (exact) mass is 324 g/mol. The number of carbonyl (C=O) groups is 1. The molecular formula is C15H21BrN2O. The van der Waals surface area contributed by atoms with Gasteiger partial charge in [-0.2, -0.15) is 0 Å². The van der Waals surface area contributed by atoms with Crippen LogP contribution in [0.4, 0.5) is 0 Å². The zero-order chi connectivity index (χ0) is 13.8. The second-order valence-corrected chi connectivity index (χ2v) is 6.53. The van der Waals surface area contributed by atoms with E-state index in [0.717, 1.165) is 36.3 Å². The van der Waals surface area contributed by atoms with E-state index < -0.39 is 0 Å². The van der Waals surface area contributed by atoms with Crippen molar-refractivity contribution < 1.29 is 4.79 Å². The number of pyridine rings is 1. The van der Waals surface area contributed by atoms with Gasteiger partial charge in [-0.25, -0.2) is 0 Å². The molecule has 1 aliphatic heterocycles. The highest BCUT2D eigenvalue weighted by molar-refractivity contribution is 9.10. The summed E-state index contributed by atoms with van der Waals surface area (Å²) in [5.41, 5.74) is 0.678. The van der Waals surface area contributed by atoms with E-state index in [4.69, 9.17) is 0 Å². The number of hydrogen-bond donors (Lipinski definition) is 0. The van der Waals surface area contributed by atoms with Gasteiger partial charge in [0, 0.05) is 30.0 Å². The number of rotatable bonds is 2. The zero-order valence-electron chi connectivity index (χ0n) is 11.6. The van der Waals surface area contributed by atoms with Gasteiger partial charge in [0.15, 0.2) is 0 Å². The summed E-state index contributed by atoms with van der Waals surface area (Å²) in [4.78, 5) is 18.5. The Kier molecular flexibility index (Phi) is 4.97. The van der Waals surface area contributed by atoms with Crippen molar-refractivity contribution in [2.75, 3.05) is 13.1 Å².